The maximum Gasteiger partial charge on any atom is 0.220 e. The summed E-state index contributed by atoms with van der Waals surface area (Å²) < 4.78 is 5.84. The molecule has 1 aromatic heterocycles. The summed E-state index contributed by atoms with van der Waals surface area (Å²) in [6.07, 6.45) is 3.28. The van der Waals surface area contributed by atoms with E-state index < -0.39 is 0 Å². The first-order chi connectivity index (χ1) is 13.8. The summed E-state index contributed by atoms with van der Waals surface area (Å²) in [6.45, 7) is 3.98. The van der Waals surface area contributed by atoms with E-state index in [2.05, 4.69) is 51.6 Å². The van der Waals surface area contributed by atoms with Crippen molar-refractivity contribution in [2.75, 3.05) is 26.2 Å². The normalized spacial score (nSPS) is 17.6. The Bertz CT molecular complexity index is 906. The summed E-state index contributed by atoms with van der Waals surface area (Å²) >= 11 is 0. The number of fused-ring (bicyclic) bond motifs is 1. The van der Waals surface area contributed by atoms with Gasteiger partial charge in [0, 0.05) is 49.7 Å². The molecule has 2 heterocycles. The topological polar surface area (TPSA) is 57.4 Å². The molecule has 1 amide bonds. The first-order valence-electron chi connectivity index (χ1n) is 9.97. The van der Waals surface area contributed by atoms with Crippen LogP contribution in [0.2, 0.25) is 0 Å². The van der Waals surface area contributed by atoms with E-state index >= 15 is 0 Å². The number of aryl methyl sites for hydroxylation is 1. The zero-order valence-electron chi connectivity index (χ0n) is 16.1. The van der Waals surface area contributed by atoms with Crippen LogP contribution in [0.3, 0.4) is 0 Å². The largest absolute Gasteiger partial charge is 0.374 e. The van der Waals surface area contributed by atoms with Crippen molar-refractivity contribution >= 4 is 16.8 Å². The summed E-state index contributed by atoms with van der Waals surface area (Å²) in [7, 11) is 0. The SMILES string of the molecule is O=C(CCc1c[nH]c2ccccc12)NC[C@@H]1CN(Cc2ccccc2)CCO1. The fourth-order valence-electron chi connectivity index (χ4n) is 3.79. The Balaban J connectivity index is 1.22. The van der Waals surface area contributed by atoms with Crippen molar-refractivity contribution in [2.45, 2.75) is 25.5 Å². The monoisotopic (exact) mass is 377 g/mol. The number of carbonyl (C=O) groups excluding carboxylic acids is 1. The lowest BCUT2D eigenvalue weighted by atomic mass is 10.1. The number of hydrogen-bond acceptors (Lipinski definition) is 3. The number of para-hydroxylation sites is 1. The Morgan fingerprint density at radius 3 is 2.86 bits per heavy atom. The van der Waals surface area contributed by atoms with Gasteiger partial charge in [-0.3, -0.25) is 9.69 Å². The number of carbonyl (C=O) groups is 1. The predicted molar refractivity (Wildman–Crippen MR) is 111 cm³/mol. The third-order valence-electron chi connectivity index (χ3n) is 5.30. The first kappa shape index (κ1) is 18.7. The number of aromatic amines is 1. The van der Waals surface area contributed by atoms with Crippen LogP contribution in [0.25, 0.3) is 10.9 Å². The number of morpholine rings is 1. The van der Waals surface area contributed by atoms with Gasteiger partial charge in [0.2, 0.25) is 5.91 Å². The molecule has 146 valence electrons. The van der Waals surface area contributed by atoms with Gasteiger partial charge < -0.3 is 15.0 Å². The van der Waals surface area contributed by atoms with Gasteiger partial charge in [-0.05, 0) is 23.6 Å². The summed E-state index contributed by atoms with van der Waals surface area (Å²) in [4.78, 5) is 18.0. The molecule has 5 nitrogen and oxygen atoms in total. The van der Waals surface area contributed by atoms with Gasteiger partial charge in [-0.2, -0.15) is 0 Å². The third-order valence-corrected chi connectivity index (χ3v) is 5.30. The Labute approximate surface area is 165 Å². The molecule has 2 aromatic carbocycles. The second-order valence-corrected chi connectivity index (χ2v) is 7.38. The van der Waals surface area contributed by atoms with Crippen LogP contribution in [0.15, 0.2) is 60.8 Å². The molecule has 0 unspecified atom stereocenters. The molecular formula is C23H27N3O2. The highest BCUT2D eigenvalue weighted by atomic mass is 16.5. The average Bonchev–Trinajstić information content (AvgIpc) is 3.15. The van der Waals surface area contributed by atoms with Crippen molar-refractivity contribution in [3.63, 3.8) is 0 Å². The smallest absolute Gasteiger partial charge is 0.220 e. The van der Waals surface area contributed by atoms with E-state index in [-0.39, 0.29) is 12.0 Å². The Morgan fingerprint density at radius 1 is 1.14 bits per heavy atom. The molecule has 1 aliphatic rings. The minimum atomic E-state index is 0.0505. The number of nitrogens with zero attached hydrogens (tertiary/aromatic N) is 1. The van der Waals surface area contributed by atoms with Gasteiger partial charge in [0.05, 0.1) is 12.7 Å². The molecule has 28 heavy (non-hydrogen) atoms. The molecule has 5 heteroatoms. The summed E-state index contributed by atoms with van der Waals surface area (Å²) in [5, 5.41) is 4.24. The molecule has 1 fully saturated rings. The molecule has 0 saturated carbocycles. The minimum Gasteiger partial charge on any atom is -0.374 e. The van der Waals surface area contributed by atoms with Crippen LogP contribution in [-0.4, -0.2) is 48.1 Å². The van der Waals surface area contributed by atoms with Crippen molar-refractivity contribution in [1.82, 2.24) is 15.2 Å². The van der Waals surface area contributed by atoms with E-state index in [9.17, 15) is 4.79 Å². The van der Waals surface area contributed by atoms with Gasteiger partial charge in [0.15, 0.2) is 0 Å². The standard InChI is InChI=1S/C23H27N3O2/c27-23(11-10-19-14-24-22-9-5-4-8-21(19)22)25-15-20-17-26(12-13-28-20)16-18-6-2-1-3-7-18/h1-9,14,20,24H,10-13,15-17H2,(H,25,27)/t20-/m1/s1. The van der Waals surface area contributed by atoms with Crippen LogP contribution in [-0.2, 0) is 22.5 Å². The molecule has 1 aliphatic heterocycles. The van der Waals surface area contributed by atoms with Gasteiger partial charge in [0.25, 0.3) is 0 Å². The Kier molecular flexibility index (Phi) is 6.04. The summed E-state index contributed by atoms with van der Waals surface area (Å²) in [6, 6.07) is 18.7. The molecule has 2 N–H and O–H groups in total. The van der Waals surface area contributed by atoms with Crippen molar-refractivity contribution < 1.29 is 9.53 Å². The molecule has 3 aromatic rings. The molecule has 0 bridgehead atoms. The number of nitrogens with one attached hydrogen (secondary N) is 2. The molecule has 1 saturated heterocycles. The maximum atomic E-state index is 12.3. The lowest BCUT2D eigenvalue weighted by molar-refractivity contribution is -0.122. The average molecular weight is 377 g/mol. The van der Waals surface area contributed by atoms with Gasteiger partial charge in [-0.1, -0.05) is 48.5 Å². The van der Waals surface area contributed by atoms with Crippen LogP contribution >= 0.6 is 0 Å². The second-order valence-electron chi connectivity index (χ2n) is 7.38. The molecule has 4 rings (SSSR count). The van der Waals surface area contributed by atoms with Crippen molar-refractivity contribution in [3.8, 4) is 0 Å². The highest BCUT2D eigenvalue weighted by Gasteiger charge is 2.21. The van der Waals surface area contributed by atoms with E-state index in [0.29, 0.717) is 19.6 Å². The number of aromatic nitrogens is 1. The highest BCUT2D eigenvalue weighted by Crippen LogP contribution is 2.19. The summed E-state index contributed by atoms with van der Waals surface area (Å²) in [5.74, 6) is 0.0778. The zero-order valence-corrected chi connectivity index (χ0v) is 16.1. The number of rotatable bonds is 7. The molecule has 0 radical (unpaired) electrons. The highest BCUT2D eigenvalue weighted by molar-refractivity contribution is 5.84. The number of H-pyrrole nitrogens is 1. The molecule has 1 atom stereocenters. The lowest BCUT2D eigenvalue weighted by Crippen LogP contribution is -2.47. The second kappa shape index (κ2) is 9.04. The van der Waals surface area contributed by atoms with Crippen LogP contribution < -0.4 is 5.32 Å². The van der Waals surface area contributed by atoms with Crippen LogP contribution in [0.4, 0.5) is 0 Å². The predicted octanol–water partition coefficient (Wildman–Crippen LogP) is 3.12. The Morgan fingerprint density at radius 2 is 1.96 bits per heavy atom. The fourth-order valence-corrected chi connectivity index (χ4v) is 3.79. The minimum absolute atomic E-state index is 0.0505. The first-order valence-corrected chi connectivity index (χ1v) is 9.97. The van der Waals surface area contributed by atoms with Crippen LogP contribution in [0, 0.1) is 0 Å². The molecule has 0 spiro atoms. The Hall–Kier alpha value is -2.63. The third kappa shape index (κ3) is 4.80. The van der Waals surface area contributed by atoms with E-state index in [0.717, 1.165) is 31.6 Å². The zero-order chi connectivity index (χ0) is 19.2. The van der Waals surface area contributed by atoms with Gasteiger partial charge in [-0.15, -0.1) is 0 Å². The molecular weight excluding hydrogens is 350 g/mol. The number of amides is 1. The number of hydrogen-bond donors (Lipinski definition) is 2. The van der Waals surface area contributed by atoms with Crippen LogP contribution in [0.1, 0.15) is 17.5 Å². The number of ether oxygens (including phenoxy) is 1. The van der Waals surface area contributed by atoms with Gasteiger partial charge in [-0.25, -0.2) is 0 Å². The molecule has 0 aliphatic carbocycles. The number of benzene rings is 2. The van der Waals surface area contributed by atoms with Crippen molar-refractivity contribution in [1.29, 1.82) is 0 Å². The quantitative estimate of drug-likeness (QED) is 0.665. The summed E-state index contributed by atoms with van der Waals surface area (Å²) in [5.41, 5.74) is 3.62. The van der Waals surface area contributed by atoms with E-state index in [4.69, 9.17) is 4.74 Å². The van der Waals surface area contributed by atoms with Crippen molar-refractivity contribution in [2.24, 2.45) is 0 Å². The fraction of sp³-hybridized carbons (Fsp3) is 0.348. The maximum absolute atomic E-state index is 12.3. The lowest BCUT2D eigenvalue weighted by Gasteiger charge is -2.33. The van der Waals surface area contributed by atoms with E-state index in [1.165, 1.54) is 16.5 Å². The van der Waals surface area contributed by atoms with Gasteiger partial charge >= 0.3 is 0 Å². The van der Waals surface area contributed by atoms with Gasteiger partial charge in [0.1, 0.15) is 0 Å². The van der Waals surface area contributed by atoms with E-state index in [1.807, 2.05) is 24.4 Å². The van der Waals surface area contributed by atoms with E-state index in [1.54, 1.807) is 0 Å². The van der Waals surface area contributed by atoms with Crippen molar-refractivity contribution in [3.05, 3.63) is 71.9 Å². The van der Waals surface area contributed by atoms with Crippen LogP contribution in [0.5, 0.6) is 0 Å².